The number of nitriles is 1. The smallest absolute Gasteiger partial charge is 0.371 e. The van der Waals surface area contributed by atoms with Gasteiger partial charge in [-0.2, -0.15) is 26.9 Å². The number of ether oxygens (including phenoxy) is 1. The average molecular weight is 668 g/mol. The lowest BCUT2D eigenvalue weighted by molar-refractivity contribution is -0.144. The molecule has 3 heterocycles. The predicted octanol–water partition coefficient (Wildman–Crippen LogP) is 1.93. The van der Waals surface area contributed by atoms with Gasteiger partial charge >= 0.3 is 6.18 Å². The first kappa shape index (κ1) is 34.9. The Hall–Kier alpha value is -4.01. The van der Waals surface area contributed by atoms with Crippen molar-refractivity contribution < 1.29 is 40.5 Å². The van der Waals surface area contributed by atoms with Crippen LogP contribution in [-0.2, 0) is 37.0 Å². The summed E-state index contributed by atoms with van der Waals surface area (Å²) in [5.41, 5.74) is 1.47. The summed E-state index contributed by atoms with van der Waals surface area (Å²) in [6, 6.07) is 9.86. The van der Waals surface area contributed by atoms with Crippen LogP contribution in [0.15, 0.2) is 30.3 Å². The molecule has 1 atom stereocenters. The number of carbonyl (C=O) groups excluding carboxylic acids is 2. The summed E-state index contributed by atoms with van der Waals surface area (Å²) in [6.07, 6.45) is -2.05. The summed E-state index contributed by atoms with van der Waals surface area (Å²) < 4.78 is 77.3. The van der Waals surface area contributed by atoms with Crippen LogP contribution in [0.1, 0.15) is 42.6 Å². The first-order valence-electron chi connectivity index (χ1n) is 14.9. The summed E-state index contributed by atoms with van der Waals surface area (Å²) in [5, 5.41) is 14.1. The van der Waals surface area contributed by atoms with Gasteiger partial charge in [0.05, 0.1) is 24.0 Å². The van der Waals surface area contributed by atoms with Crippen molar-refractivity contribution in [3.63, 3.8) is 0 Å². The summed E-state index contributed by atoms with van der Waals surface area (Å²) in [4.78, 5) is 35.9. The molecule has 46 heavy (non-hydrogen) atoms. The van der Waals surface area contributed by atoms with Crippen LogP contribution in [0, 0.1) is 17.2 Å². The molecule has 0 aliphatic carbocycles. The molecule has 2 aliphatic rings. The van der Waals surface area contributed by atoms with E-state index in [0.717, 1.165) is 5.56 Å². The van der Waals surface area contributed by atoms with Gasteiger partial charge in [-0.15, -0.1) is 0 Å². The second-order valence-electron chi connectivity index (χ2n) is 11.2. The SMILES string of the molecule is N#Cc1ccc(CCNC(=O)[C@@H]2CCCN2c2cc(N3CCC(COCC(=O)NCCS(=O)(=O)O)CC3)nc(C(F)(F)F)n2)cc1. The lowest BCUT2D eigenvalue weighted by Gasteiger charge is -2.33. The van der Waals surface area contributed by atoms with E-state index in [-0.39, 0.29) is 43.2 Å². The molecule has 2 saturated heterocycles. The van der Waals surface area contributed by atoms with Gasteiger partial charge in [0, 0.05) is 38.8 Å². The number of nitrogens with one attached hydrogen (secondary N) is 2. The van der Waals surface area contributed by atoms with Crippen molar-refractivity contribution in [2.45, 2.75) is 44.3 Å². The van der Waals surface area contributed by atoms with Gasteiger partial charge in [0.15, 0.2) is 0 Å². The fourth-order valence-electron chi connectivity index (χ4n) is 5.38. The van der Waals surface area contributed by atoms with Crippen LogP contribution in [0.2, 0.25) is 0 Å². The molecule has 2 amide bonds. The molecule has 0 spiro atoms. The third kappa shape index (κ3) is 10.3. The normalized spacial score (nSPS) is 17.5. The third-order valence-electron chi connectivity index (χ3n) is 7.81. The molecule has 1 aromatic heterocycles. The second kappa shape index (κ2) is 15.5. The maximum atomic E-state index is 13.9. The Labute approximate surface area is 264 Å². The summed E-state index contributed by atoms with van der Waals surface area (Å²) in [7, 11) is -4.18. The minimum absolute atomic E-state index is 0.0348. The summed E-state index contributed by atoms with van der Waals surface area (Å²) in [5.74, 6) is -2.53. The predicted molar refractivity (Wildman–Crippen MR) is 160 cm³/mol. The summed E-state index contributed by atoms with van der Waals surface area (Å²) in [6.45, 7) is 1.17. The van der Waals surface area contributed by atoms with Gasteiger partial charge in [-0.1, -0.05) is 12.1 Å². The van der Waals surface area contributed by atoms with Gasteiger partial charge in [-0.05, 0) is 55.7 Å². The van der Waals surface area contributed by atoms with Crippen molar-refractivity contribution in [3.8, 4) is 6.07 Å². The Morgan fingerprint density at radius 1 is 1.04 bits per heavy atom. The van der Waals surface area contributed by atoms with E-state index >= 15 is 0 Å². The largest absolute Gasteiger partial charge is 0.451 e. The van der Waals surface area contributed by atoms with Gasteiger partial charge in [0.2, 0.25) is 17.6 Å². The number of nitrogens with zero attached hydrogens (tertiary/aromatic N) is 5. The molecule has 4 rings (SSSR count). The van der Waals surface area contributed by atoms with Crippen LogP contribution in [0.5, 0.6) is 0 Å². The molecule has 250 valence electrons. The first-order chi connectivity index (χ1) is 21.8. The number of hydrogen-bond acceptors (Lipinski definition) is 10. The fraction of sp³-hybridized carbons (Fsp3) is 0.552. The number of benzene rings is 1. The zero-order valence-corrected chi connectivity index (χ0v) is 25.8. The second-order valence-corrected chi connectivity index (χ2v) is 12.8. The van der Waals surface area contributed by atoms with Gasteiger partial charge in [-0.25, -0.2) is 9.97 Å². The van der Waals surface area contributed by atoms with E-state index in [4.69, 9.17) is 14.6 Å². The van der Waals surface area contributed by atoms with E-state index in [0.29, 0.717) is 63.8 Å². The highest BCUT2D eigenvalue weighted by molar-refractivity contribution is 7.85. The molecular weight excluding hydrogens is 631 g/mol. The number of anilines is 2. The molecule has 0 radical (unpaired) electrons. The molecule has 1 aromatic carbocycles. The van der Waals surface area contributed by atoms with Crippen LogP contribution in [-0.4, -0.2) is 92.5 Å². The van der Waals surface area contributed by atoms with E-state index in [1.54, 1.807) is 21.9 Å². The van der Waals surface area contributed by atoms with Crippen LogP contribution in [0.25, 0.3) is 0 Å². The highest BCUT2D eigenvalue weighted by Crippen LogP contribution is 2.34. The van der Waals surface area contributed by atoms with Crippen LogP contribution < -0.4 is 20.4 Å². The van der Waals surface area contributed by atoms with Crippen molar-refractivity contribution in [1.29, 1.82) is 5.26 Å². The lowest BCUT2D eigenvalue weighted by Crippen LogP contribution is -2.44. The minimum Gasteiger partial charge on any atom is -0.371 e. The highest BCUT2D eigenvalue weighted by atomic mass is 32.2. The number of hydrogen-bond donors (Lipinski definition) is 3. The molecule has 2 aliphatic heterocycles. The van der Waals surface area contributed by atoms with Crippen molar-refractivity contribution >= 4 is 33.6 Å². The first-order valence-corrected chi connectivity index (χ1v) is 16.5. The average Bonchev–Trinajstić information content (AvgIpc) is 3.51. The quantitative estimate of drug-likeness (QED) is 0.266. The van der Waals surface area contributed by atoms with Crippen molar-refractivity contribution in [2.24, 2.45) is 5.92 Å². The number of amides is 2. The number of alkyl halides is 3. The Bertz CT molecular complexity index is 1510. The number of carbonyl (C=O) groups is 2. The fourth-order valence-corrected chi connectivity index (χ4v) is 5.74. The zero-order valence-electron chi connectivity index (χ0n) is 25.0. The molecule has 2 fully saturated rings. The van der Waals surface area contributed by atoms with Crippen molar-refractivity contribution in [3.05, 3.63) is 47.3 Å². The van der Waals surface area contributed by atoms with Gasteiger partial charge in [0.25, 0.3) is 10.1 Å². The standard InChI is InChI=1S/C29H36F3N7O6S/c30-29(31,32)28-36-24(38-13-8-22(9-14-38)18-45-19-26(40)34-11-15-46(42,43)44)16-25(37-28)39-12-1-2-23(39)27(41)35-10-7-20-3-5-21(17-33)6-4-20/h3-6,16,22-23H,1-2,7-15,18-19H2,(H,34,40)(H,35,41)(H,42,43,44)/t23-/m0/s1. The molecule has 0 bridgehead atoms. The molecule has 17 heteroatoms. The van der Waals surface area contributed by atoms with E-state index < -0.39 is 39.8 Å². The Kier molecular flexibility index (Phi) is 11.8. The number of halogens is 3. The van der Waals surface area contributed by atoms with Crippen LogP contribution in [0.4, 0.5) is 24.8 Å². The Morgan fingerprint density at radius 2 is 1.74 bits per heavy atom. The molecular formula is C29H36F3N7O6S. The molecule has 13 nitrogen and oxygen atoms in total. The van der Waals surface area contributed by atoms with Crippen molar-refractivity contribution in [1.82, 2.24) is 20.6 Å². The topological polar surface area (TPSA) is 178 Å². The van der Waals surface area contributed by atoms with Crippen LogP contribution >= 0.6 is 0 Å². The number of piperidine rings is 1. The Morgan fingerprint density at radius 3 is 2.39 bits per heavy atom. The van der Waals surface area contributed by atoms with Gasteiger partial charge < -0.3 is 25.2 Å². The van der Waals surface area contributed by atoms with E-state index in [1.807, 2.05) is 18.2 Å². The van der Waals surface area contributed by atoms with Gasteiger partial charge in [-0.3, -0.25) is 14.1 Å². The van der Waals surface area contributed by atoms with Crippen molar-refractivity contribution in [2.75, 3.05) is 61.5 Å². The molecule has 0 saturated carbocycles. The Balaban J connectivity index is 1.33. The molecule has 2 aromatic rings. The molecule has 3 N–H and O–H groups in total. The van der Waals surface area contributed by atoms with Crippen LogP contribution in [0.3, 0.4) is 0 Å². The maximum absolute atomic E-state index is 13.9. The van der Waals surface area contributed by atoms with E-state index in [1.165, 1.54) is 6.07 Å². The number of aromatic nitrogens is 2. The zero-order chi connectivity index (χ0) is 33.3. The number of rotatable bonds is 13. The highest BCUT2D eigenvalue weighted by Gasteiger charge is 2.39. The van der Waals surface area contributed by atoms with E-state index in [9.17, 15) is 31.2 Å². The molecule has 0 unspecified atom stereocenters. The van der Waals surface area contributed by atoms with Gasteiger partial charge in [0.1, 0.15) is 24.3 Å². The lowest BCUT2D eigenvalue weighted by atomic mass is 9.98. The third-order valence-corrected chi connectivity index (χ3v) is 8.53. The minimum atomic E-state index is -4.79. The maximum Gasteiger partial charge on any atom is 0.451 e. The van der Waals surface area contributed by atoms with E-state index in [2.05, 4.69) is 20.6 Å². The monoisotopic (exact) mass is 667 g/mol. The summed E-state index contributed by atoms with van der Waals surface area (Å²) >= 11 is 0.